The molecule has 0 bridgehead atoms. The minimum Gasteiger partial charge on any atom is -0.492 e. The number of rotatable bonds is 5. The standard InChI is InChI=1S/C21H21FN6O/c1-13-7-5-6-8-16(13)24-21-25-20(26-27(21)3)15-9-10-17(19(29-4)18(15)22)28-11-14(2)23-12-28/h5-12H,1-4H3,(H,24,25,26). The van der Waals surface area contributed by atoms with Gasteiger partial charge in [0.25, 0.3) is 0 Å². The molecule has 2 heterocycles. The molecular formula is C21H21FN6O. The molecule has 4 aromatic rings. The molecule has 29 heavy (non-hydrogen) atoms. The second kappa shape index (κ2) is 7.38. The van der Waals surface area contributed by atoms with Crippen LogP contribution in [0.25, 0.3) is 17.1 Å². The van der Waals surface area contributed by atoms with E-state index in [1.165, 1.54) is 7.11 Å². The average molecular weight is 392 g/mol. The third kappa shape index (κ3) is 3.44. The van der Waals surface area contributed by atoms with Crippen molar-refractivity contribution in [2.45, 2.75) is 13.8 Å². The minimum atomic E-state index is -0.524. The molecule has 0 aliphatic rings. The molecule has 148 valence electrons. The van der Waals surface area contributed by atoms with E-state index in [1.807, 2.05) is 38.1 Å². The Morgan fingerprint density at radius 2 is 1.90 bits per heavy atom. The fraction of sp³-hybridized carbons (Fsp3) is 0.190. The van der Waals surface area contributed by atoms with E-state index < -0.39 is 5.82 Å². The van der Waals surface area contributed by atoms with Gasteiger partial charge in [-0.15, -0.1) is 5.10 Å². The maximum absolute atomic E-state index is 15.3. The van der Waals surface area contributed by atoms with Gasteiger partial charge in [-0.1, -0.05) is 18.2 Å². The quantitative estimate of drug-likeness (QED) is 0.552. The Balaban J connectivity index is 1.73. The number of halogens is 1. The van der Waals surface area contributed by atoms with Gasteiger partial charge in [0.1, 0.15) is 0 Å². The summed E-state index contributed by atoms with van der Waals surface area (Å²) in [6, 6.07) is 11.3. The number of methoxy groups -OCH3 is 1. The van der Waals surface area contributed by atoms with E-state index in [0.717, 1.165) is 16.9 Å². The van der Waals surface area contributed by atoms with Crippen LogP contribution in [-0.2, 0) is 7.05 Å². The number of nitrogens with one attached hydrogen (secondary N) is 1. The van der Waals surface area contributed by atoms with Gasteiger partial charge >= 0.3 is 0 Å². The van der Waals surface area contributed by atoms with E-state index in [9.17, 15) is 0 Å². The summed E-state index contributed by atoms with van der Waals surface area (Å²) >= 11 is 0. The Labute approximate surface area is 167 Å². The van der Waals surface area contributed by atoms with Gasteiger partial charge in [-0.05, 0) is 37.6 Å². The second-order valence-electron chi connectivity index (χ2n) is 6.72. The first-order valence-electron chi connectivity index (χ1n) is 9.09. The van der Waals surface area contributed by atoms with Crippen LogP contribution in [0.4, 0.5) is 16.0 Å². The molecule has 1 N–H and O–H groups in total. The molecule has 4 rings (SSSR count). The summed E-state index contributed by atoms with van der Waals surface area (Å²) in [4.78, 5) is 8.67. The van der Waals surface area contributed by atoms with E-state index in [1.54, 1.807) is 41.0 Å². The Bertz CT molecular complexity index is 1180. The van der Waals surface area contributed by atoms with Crippen molar-refractivity contribution >= 4 is 11.6 Å². The molecule has 0 aliphatic heterocycles. The average Bonchev–Trinajstić information content (AvgIpc) is 3.29. The maximum atomic E-state index is 15.3. The van der Waals surface area contributed by atoms with Crippen molar-refractivity contribution in [1.82, 2.24) is 24.3 Å². The SMILES string of the molecule is COc1c(-n2cnc(C)c2)ccc(-c2nc(Nc3ccccc3C)n(C)n2)c1F. The molecule has 0 saturated carbocycles. The van der Waals surface area contributed by atoms with Crippen molar-refractivity contribution < 1.29 is 9.13 Å². The summed E-state index contributed by atoms with van der Waals surface area (Å²) < 4.78 is 23.9. The number of hydrogen-bond acceptors (Lipinski definition) is 5. The van der Waals surface area contributed by atoms with Crippen molar-refractivity contribution in [3.05, 3.63) is 66.0 Å². The van der Waals surface area contributed by atoms with E-state index in [4.69, 9.17) is 4.74 Å². The lowest BCUT2D eigenvalue weighted by atomic mass is 10.1. The molecule has 0 saturated heterocycles. The summed E-state index contributed by atoms with van der Waals surface area (Å²) in [5, 5.41) is 7.62. The molecule has 2 aromatic carbocycles. The molecule has 0 unspecified atom stereocenters. The van der Waals surface area contributed by atoms with Gasteiger partial charge in [-0.3, -0.25) is 0 Å². The van der Waals surface area contributed by atoms with Crippen molar-refractivity contribution in [1.29, 1.82) is 0 Å². The van der Waals surface area contributed by atoms with Gasteiger partial charge in [0.2, 0.25) is 5.95 Å². The van der Waals surface area contributed by atoms with Crippen LogP contribution >= 0.6 is 0 Å². The van der Waals surface area contributed by atoms with Gasteiger partial charge in [0, 0.05) is 18.9 Å². The summed E-state index contributed by atoms with van der Waals surface area (Å²) in [5.41, 5.74) is 3.64. The predicted molar refractivity (Wildman–Crippen MR) is 109 cm³/mol. The molecule has 0 spiro atoms. The number of anilines is 2. The highest BCUT2D eigenvalue weighted by Crippen LogP contribution is 2.33. The predicted octanol–water partition coefficient (Wildman–Crippen LogP) is 4.18. The van der Waals surface area contributed by atoms with E-state index >= 15 is 4.39 Å². The van der Waals surface area contributed by atoms with Gasteiger partial charge in [-0.25, -0.2) is 14.1 Å². The molecule has 0 aliphatic carbocycles. The molecular weight excluding hydrogens is 371 g/mol. The molecule has 7 nitrogen and oxygen atoms in total. The zero-order chi connectivity index (χ0) is 20.5. The van der Waals surface area contributed by atoms with Crippen LogP contribution in [0.3, 0.4) is 0 Å². The molecule has 2 aromatic heterocycles. The van der Waals surface area contributed by atoms with Crippen molar-refractivity contribution in [2.75, 3.05) is 12.4 Å². The zero-order valence-electron chi connectivity index (χ0n) is 16.6. The van der Waals surface area contributed by atoms with Crippen molar-refractivity contribution in [3.8, 4) is 22.8 Å². The van der Waals surface area contributed by atoms with Crippen LogP contribution in [0.1, 0.15) is 11.3 Å². The zero-order valence-corrected chi connectivity index (χ0v) is 16.6. The maximum Gasteiger partial charge on any atom is 0.225 e. The molecule has 0 fully saturated rings. The van der Waals surface area contributed by atoms with Gasteiger partial charge < -0.3 is 14.6 Å². The highest BCUT2D eigenvalue weighted by molar-refractivity contribution is 5.66. The highest BCUT2D eigenvalue weighted by atomic mass is 19.1. The van der Waals surface area contributed by atoms with Crippen LogP contribution in [0.2, 0.25) is 0 Å². The molecule has 0 radical (unpaired) electrons. The number of hydrogen-bond donors (Lipinski definition) is 1. The fourth-order valence-corrected chi connectivity index (χ4v) is 3.11. The second-order valence-corrected chi connectivity index (χ2v) is 6.72. The third-order valence-corrected chi connectivity index (χ3v) is 4.67. The Morgan fingerprint density at radius 1 is 1.10 bits per heavy atom. The molecule has 0 atom stereocenters. The van der Waals surface area contributed by atoms with Crippen LogP contribution in [-0.4, -0.2) is 31.4 Å². The summed E-state index contributed by atoms with van der Waals surface area (Å²) in [7, 11) is 3.20. The highest BCUT2D eigenvalue weighted by Gasteiger charge is 2.20. The van der Waals surface area contributed by atoms with E-state index in [0.29, 0.717) is 11.6 Å². The lowest BCUT2D eigenvalue weighted by molar-refractivity contribution is 0.385. The van der Waals surface area contributed by atoms with Crippen LogP contribution in [0.5, 0.6) is 5.75 Å². The number of imidazole rings is 1. The number of aryl methyl sites for hydroxylation is 3. The van der Waals surface area contributed by atoms with Crippen LogP contribution < -0.4 is 10.1 Å². The Hall–Kier alpha value is -3.68. The number of aromatic nitrogens is 5. The van der Waals surface area contributed by atoms with Gasteiger partial charge in [0.05, 0.1) is 30.4 Å². The first-order chi connectivity index (χ1) is 14.0. The van der Waals surface area contributed by atoms with Crippen molar-refractivity contribution in [2.24, 2.45) is 7.05 Å². The number of nitrogens with zero attached hydrogens (tertiary/aromatic N) is 5. The van der Waals surface area contributed by atoms with Crippen LogP contribution in [0, 0.1) is 19.7 Å². The fourth-order valence-electron chi connectivity index (χ4n) is 3.11. The first-order valence-corrected chi connectivity index (χ1v) is 9.09. The van der Waals surface area contributed by atoms with Gasteiger partial charge in [-0.2, -0.15) is 4.98 Å². The lowest BCUT2D eigenvalue weighted by Gasteiger charge is -2.12. The summed E-state index contributed by atoms with van der Waals surface area (Å²) in [6.45, 7) is 3.87. The van der Waals surface area contributed by atoms with E-state index in [-0.39, 0.29) is 17.1 Å². The number of para-hydroxylation sites is 1. The number of benzene rings is 2. The van der Waals surface area contributed by atoms with E-state index in [2.05, 4.69) is 20.4 Å². The topological polar surface area (TPSA) is 69.8 Å². The minimum absolute atomic E-state index is 0.112. The van der Waals surface area contributed by atoms with Crippen molar-refractivity contribution in [3.63, 3.8) is 0 Å². The summed E-state index contributed by atoms with van der Waals surface area (Å²) in [5.74, 6) is 0.375. The van der Waals surface area contributed by atoms with Crippen LogP contribution in [0.15, 0.2) is 48.9 Å². The summed E-state index contributed by atoms with van der Waals surface area (Å²) in [6.07, 6.45) is 3.43. The molecule has 0 amide bonds. The normalized spacial score (nSPS) is 10.9. The monoisotopic (exact) mass is 392 g/mol. The third-order valence-electron chi connectivity index (χ3n) is 4.67. The largest absolute Gasteiger partial charge is 0.492 e. The smallest absolute Gasteiger partial charge is 0.225 e. The lowest BCUT2D eigenvalue weighted by Crippen LogP contribution is -2.01. The Kier molecular flexibility index (Phi) is 4.75. The molecule has 8 heteroatoms. The van der Waals surface area contributed by atoms with Gasteiger partial charge in [0.15, 0.2) is 17.4 Å². The number of ether oxygens (including phenoxy) is 1. The Morgan fingerprint density at radius 3 is 2.59 bits per heavy atom. The first kappa shape index (κ1) is 18.7.